The summed E-state index contributed by atoms with van der Waals surface area (Å²) in [7, 11) is 0. The first-order valence-electron chi connectivity index (χ1n) is 8.41. The maximum Gasteiger partial charge on any atom is 0.416 e. The van der Waals surface area contributed by atoms with Crippen LogP contribution < -0.4 is 10.5 Å². The molecule has 0 amide bonds. The molecule has 0 aliphatic heterocycles. The van der Waals surface area contributed by atoms with Crippen molar-refractivity contribution < 1.29 is 17.9 Å². The third-order valence-electron chi connectivity index (χ3n) is 4.29. The molecule has 0 fully saturated rings. The Morgan fingerprint density at radius 2 is 1.75 bits per heavy atom. The van der Waals surface area contributed by atoms with E-state index in [2.05, 4.69) is 10.2 Å². The number of nitrogen functional groups attached to an aromatic ring is 1. The zero-order valence-electron chi connectivity index (χ0n) is 14.5. The van der Waals surface area contributed by atoms with Crippen molar-refractivity contribution in [2.45, 2.75) is 12.8 Å². The van der Waals surface area contributed by atoms with Crippen molar-refractivity contribution in [1.29, 1.82) is 0 Å². The molecule has 0 unspecified atom stereocenters. The zero-order chi connectivity index (χ0) is 19.7. The highest BCUT2D eigenvalue weighted by Crippen LogP contribution is 2.38. The number of benzene rings is 2. The Morgan fingerprint density at radius 3 is 2.50 bits per heavy atom. The van der Waals surface area contributed by atoms with Crippen LogP contribution >= 0.6 is 0 Å². The number of ether oxygens (including phenoxy) is 1. The van der Waals surface area contributed by atoms with Crippen LogP contribution in [0.5, 0.6) is 5.75 Å². The van der Waals surface area contributed by atoms with Gasteiger partial charge in [0.15, 0.2) is 0 Å². The SMILES string of the molecule is Nc1nnc(-c2ccc(C(F)(F)F)cc2OCc2ccccc2)c2cccn12. The summed E-state index contributed by atoms with van der Waals surface area (Å²) in [5.41, 5.74) is 7.26. The molecule has 0 aliphatic rings. The lowest BCUT2D eigenvalue weighted by molar-refractivity contribution is -0.137. The minimum absolute atomic E-state index is 0.0702. The van der Waals surface area contributed by atoms with Gasteiger partial charge in [-0.15, -0.1) is 10.2 Å². The molecule has 8 heteroatoms. The third kappa shape index (κ3) is 3.36. The molecule has 0 bridgehead atoms. The van der Waals surface area contributed by atoms with Gasteiger partial charge in [0, 0.05) is 11.8 Å². The Labute approximate surface area is 158 Å². The van der Waals surface area contributed by atoms with Gasteiger partial charge in [-0.2, -0.15) is 13.2 Å². The highest BCUT2D eigenvalue weighted by Gasteiger charge is 2.31. The largest absolute Gasteiger partial charge is 0.488 e. The summed E-state index contributed by atoms with van der Waals surface area (Å²) in [4.78, 5) is 0. The molecule has 5 nitrogen and oxygen atoms in total. The third-order valence-corrected chi connectivity index (χ3v) is 4.29. The molecule has 2 aromatic carbocycles. The lowest BCUT2D eigenvalue weighted by atomic mass is 10.1. The van der Waals surface area contributed by atoms with Crippen molar-refractivity contribution in [3.8, 4) is 17.0 Å². The normalized spacial score (nSPS) is 11.7. The van der Waals surface area contributed by atoms with Crippen molar-refractivity contribution in [2.75, 3.05) is 5.73 Å². The van der Waals surface area contributed by atoms with Gasteiger partial charge in [-0.1, -0.05) is 30.3 Å². The van der Waals surface area contributed by atoms with Crippen LogP contribution in [0.1, 0.15) is 11.1 Å². The lowest BCUT2D eigenvalue weighted by Gasteiger charge is -2.15. The summed E-state index contributed by atoms with van der Waals surface area (Å²) in [5, 5.41) is 8.00. The van der Waals surface area contributed by atoms with E-state index in [9.17, 15) is 13.2 Å². The molecule has 2 heterocycles. The maximum absolute atomic E-state index is 13.2. The summed E-state index contributed by atoms with van der Waals surface area (Å²) < 4.78 is 47.0. The Bertz CT molecular complexity index is 1120. The predicted molar refractivity (Wildman–Crippen MR) is 98.6 cm³/mol. The summed E-state index contributed by atoms with van der Waals surface area (Å²) in [6, 6.07) is 16.0. The van der Waals surface area contributed by atoms with Crippen molar-refractivity contribution in [2.24, 2.45) is 0 Å². The molecule has 4 rings (SSSR count). The van der Waals surface area contributed by atoms with Gasteiger partial charge >= 0.3 is 6.18 Å². The molecule has 2 N–H and O–H groups in total. The second-order valence-corrected chi connectivity index (χ2v) is 6.15. The summed E-state index contributed by atoms with van der Waals surface area (Å²) in [6.45, 7) is 0.120. The number of halogens is 3. The molecule has 0 atom stereocenters. The van der Waals surface area contributed by atoms with E-state index in [0.29, 0.717) is 16.8 Å². The smallest absolute Gasteiger partial charge is 0.416 e. The standard InChI is InChI=1S/C20H15F3N4O/c21-20(22,23)14-8-9-15(17(11-14)28-12-13-5-2-1-3-6-13)18-16-7-4-10-27(16)19(24)26-25-18/h1-11H,12H2,(H2,24,26). The van der Waals surface area contributed by atoms with E-state index in [1.807, 2.05) is 30.3 Å². The van der Waals surface area contributed by atoms with Crippen LogP contribution in [0, 0.1) is 0 Å². The fourth-order valence-electron chi connectivity index (χ4n) is 2.92. The fraction of sp³-hybridized carbons (Fsp3) is 0.100. The van der Waals surface area contributed by atoms with Gasteiger partial charge in [0.1, 0.15) is 18.1 Å². The average Bonchev–Trinajstić information content (AvgIpc) is 3.18. The molecular formula is C20H15F3N4O. The van der Waals surface area contributed by atoms with E-state index in [1.54, 1.807) is 22.7 Å². The van der Waals surface area contributed by atoms with Gasteiger partial charge in [-0.05, 0) is 35.9 Å². The number of anilines is 1. The van der Waals surface area contributed by atoms with Crippen molar-refractivity contribution >= 4 is 11.5 Å². The van der Waals surface area contributed by atoms with Crippen LogP contribution in [0.4, 0.5) is 19.1 Å². The Balaban J connectivity index is 1.81. The van der Waals surface area contributed by atoms with Gasteiger partial charge in [0.25, 0.3) is 0 Å². The first kappa shape index (κ1) is 17.8. The van der Waals surface area contributed by atoms with E-state index in [1.165, 1.54) is 6.07 Å². The topological polar surface area (TPSA) is 65.4 Å². The molecule has 4 aromatic rings. The van der Waals surface area contributed by atoms with E-state index in [-0.39, 0.29) is 18.3 Å². The number of hydrogen-bond acceptors (Lipinski definition) is 4. The van der Waals surface area contributed by atoms with Crippen LogP contribution in [0.3, 0.4) is 0 Å². The molecule has 28 heavy (non-hydrogen) atoms. The van der Waals surface area contributed by atoms with Crippen LogP contribution in [0.15, 0.2) is 66.9 Å². The van der Waals surface area contributed by atoms with Gasteiger partial charge in [-0.3, -0.25) is 4.40 Å². The highest BCUT2D eigenvalue weighted by atomic mass is 19.4. The van der Waals surface area contributed by atoms with E-state index < -0.39 is 11.7 Å². The minimum atomic E-state index is -4.49. The first-order valence-corrected chi connectivity index (χ1v) is 8.41. The van der Waals surface area contributed by atoms with Crippen LogP contribution in [-0.2, 0) is 12.8 Å². The lowest BCUT2D eigenvalue weighted by Crippen LogP contribution is -2.07. The van der Waals surface area contributed by atoms with Crippen LogP contribution in [-0.4, -0.2) is 14.6 Å². The Hall–Kier alpha value is -3.55. The second kappa shape index (κ2) is 6.88. The molecule has 0 spiro atoms. The van der Waals surface area contributed by atoms with E-state index >= 15 is 0 Å². The van der Waals surface area contributed by atoms with Crippen LogP contribution in [0.2, 0.25) is 0 Å². The van der Waals surface area contributed by atoms with Gasteiger partial charge in [0.05, 0.1) is 11.1 Å². The van der Waals surface area contributed by atoms with E-state index in [0.717, 1.165) is 17.7 Å². The van der Waals surface area contributed by atoms with Crippen molar-refractivity contribution in [3.05, 3.63) is 78.0 Å². The van der Waals surface area contributed by atoms with Crippen molar-refractivity contribution in [3.63, 3.8) is 0 Å². The summed E-state index contributed by atoms with van der Waals surface area (Å²) >= 11 is 0. The second-order valence-electron chi connectivity index (χ2n) is 6.15. The molecule has 0 saturated carbocycles. The maximum atomic E-state index is 13.2. The number of hydrogen-bond donors (Lipinski definition) is 1. The zero-order valence-corrected chi connectivity index (χ0v) is 14.5. The number of nitrogens with two attached hydrogens (primary N) is 1. The molecule has 0 aliphatic carbocycles. The average molecular weight is 384 g/mol. The predicted octanol–water partition coefficient (Wildman–Crippen LogP) is 4.58. The molecule has 142 valence electrons. The summed E-state index contributed by atoms with van der Waals surface area (Å²) in [6.07, 6.45) is -2.78. The molecule has 0 saturated heterocycles. The number of fused-ring (bicyclic) bond motifs is 1. The number of aromatic nitrogens is 3. The number of alkyl halides is 3. The minimum Gasteiger partial charge on any atom is -0.488 e. The van der Waals surface area contributed by atoms with Gasteiger partial charge < -0.3 is 10.5 Å². The number of rotatable bonds is 4. The Kier molecular flexibility index (Phi) is 4.38. The first-order chi connectivity index (χ1) is 13.4. The Morgan fingerprint density at radius 1 is 0.964 bits per heavy atom. The summed E-state index contributed by atoms with van der Waals surface area (Å²) in [5.74, 6) is 0.253. The molecule has 2 aromatic heterocycles. The highest BCUT2D eigenvalue weighted by molar-refractivity contribution is 5.81. The quantitative estimate of drug-likeness (QED) is 0.560. The van der Waals surface area contributed by atoms with Crippen LogP contribution in [0.25, 0.3) is 16.8 Å². The van der Waals surface area contributed by atoms with Gasteiger partial charge in [0.2, 0.25) is 5.95 Å². The fourth-order valence-corrected chi connectivity index (χ4v) is 2.92. The van der Waals surface area contributed by atoms with Gasteiger partial charge in [-0.25, -0.2) is 0 Å². The number of nitrogens with zero attached hydrogens (tertiary/aromatic N) is 3. The molecule has 0 radical (unpaired) electrons. The molecular weight excluding hydrogens is 369 g/mol. The monoisotopic (exact) mass is 384 g/mol. The van der Waals surface area contributed by atoms with Crippen molar-refractivity contribution in [1.82, 2.24) is 14.6 Å². The van der Waals surface area contributed by atoms with E-state index in [4.69, 9.17) is 10.5 Å².